The highest BCUT2D eigenvalue weighted by Crippen LogP contribution is 2.29. The Kier molecular flexibility index (Phi) is 5.98. The maximum atomic E-state index is 13.1. The first kappa shape index (κ1) is 19.6. The average molecular weight is 372 g/mol. The van der Waals surface area contributed by atoms with Crippen LogP contribution in [0, 0.1) is 25.6 Å². The van der Waals surface area contributed by atoms with Crippen LogP contribution in [0.1, 0.15) is 55.6 Å². The zero-order chi connectivity index (χ0) is 19.6. The first-order valence-electron chi connectivity index (χ1n) is 9.92. The van der Waals surface area contributed by atoms with Crippen molar-refractivity contribution < 1.29 is 9.18 Å². The molecule has 1 amide bonds. The van der Waals surface area contributed by atoms with Crippen LogP contribution in [0.3, 0.4) is 0 Å². The summed E-state index contributed by atoms with van der Waals surface area (Å²) in [5, 5.41) is 4.65. The fourth-order valence-corrected chi connectivity index (χ4v) is 3.59. The van der Waals surface area contributed by atoms with E-state index in [1.54, 1.807) is 12.1 Å². The lowest BCUT2D eigenvalue weighted by molar-refractivity contribution is -0.132. The Morgan fingerprint density at radius 3 is 2.52 bits per heavy atom. The lowest BCUT2D eigenvalue weighted by atomic mass is 10.1. The molecule has 146 valence electrons. The lowest BCUT2D eigenvalue weighted by Gasteiger charge is -2.23. The van der Waals surface area contributed by atoms with Crippen molar-refractivity contribution in [2.45, 2.75) is 72.5 Å². The number of benzene rings is 1. The number of aromatic nitrogens is 2. The monoisotopic (exact) mass is 371 g/mol. The Morgan fingerprint density at radius 1 is 1.26 bits per heavy atom. The van der Waals surface area contributed by atoms with Gasteiger partial charge >= 0.3 is 0 Å². The molecule has 1 aromatic heterocycles. The summed E-state index contributed by atoms with van der Waals surface area (Å²) in [6, 6.07) is 6.79. The Labute approximate surface area is 161 Å². The molecule has 1 aliphatic carbocycles. The molecule has 1 heterocycles. The molecule has 1 saturated carbocycles. The van der Waals surface area contributed by atoms with Crippen LogP contribution in [0.25, 0.3) is 0 Å². The lowest BCUT2D eigenvalue weighted by Crippen LogP contribution is -2.32. The second kappa shape index (κ2) is 8.24. The van der Waals surface area contributed by atoms with Crippen molar-refractivity contribution in [1.29, 1.82) is 0 Å². The molecule has 1 fully saturated rings. The molecule has 0 radical (unpaired) electrons. The van der Waals surface area contributed by atoms with Gasteiger partial charge in [0.05, 0.1) is 5.69 Å². The molecule has 4 nitrogen and oxygen atoms in total. The van der Waals surface area contributed by atoms with E-state index in [1.165, 1.54) is 23.4 Å². The number of halogens is 1. The molecule has 1 aliphatic rings. The number of rotatable bonds is 8. The molecule has 0 bridgehead atoms. The Hall–Kier alpha value is -2.17. The number of hydrogen-bond acceptors (Lipinski definition) is 2. The predicted molar refractivity (Wildman–Crippen MR) is 105 cm³/mol. The van der Waals surface area contributed by atoms with E-state index in [0.29, 0.717) is 24.9 Å². The molecule has 2 aromatic rings. The first-order chi connectivity index (χ1) is 12.8. The van der Waals surface area contributed by atoms with Gasteiger partial charge in [-0.05, 0) is 62.3 Å². The van der Waals surface area contributed by atoms with E-state index >= 15 is 0 Å². The third-order valence-electron chi connectivity index (χ3n) is 5.23. The smallest absolute Gasteiger partial charge is 0.223 e. The summed E-state index contributed by atoms with van der Waals surface area (Å²) in [5.74, 6) is 0.475. The Bertz CT molecular complexity index is 791. The number of amides is 1. The molecule has 0 atom stereocenters. The normalized spacial score (nSPS) is 14.0. The zero-order valence-electron chi connectivity index (χ0n) is 16.8. The van der Waals surface area contributed by atoms with Crippen LogP contribution in [0.4, 0.5) is 4.39 Å². The van der Waals surface area contributed by atoms with E-state index in [4.69, 9.17) is 0 Å². The highest BCUT2D eigenvalue weighted by molar-refractivity contribution is 5.77. The molecule has 0 N–H and O–H groups in total. The van der Waals surface area contributed by atoms with Gasteiger partial charge in [-0.25, -0.2) is 4.39 Å². The van der Waals surface area contributed by atoms with Crippen LogP contribution in [0.5, 0.6) is 0 Å². The Balaban J connectivity index is 1.65. The van der Waals surface area contributed by atoms with Gasteiger partial charge in [-0.15, -0.1) is 0 Å². The quantitative estimate of drug-likeness (QED) is 0.689. The number of aryl methyl sites for hydroxylation is 1. The highest BCUT2D eigenvalue weighted by Gasteiger charge is 2.32. The summed E-state index contributed by atoms with van der Waals surface area (Å²) < 4.78 is 15.2. The average Bonchev–Trinajstić information content (AvgIpc) is 3.41. The minimum atomic E-state index is -0.243. The van der Waals surface area contributed by atoms with Crippen LogP contribution in [-0.2, 0) is 24.3 Å². The summed E-state index contributed by atoms with van der Waals surface area (Å²) in [6.45, 7) is 9.96. The van der Waals surface area contributed by atoms with Crippen molar-refractivity contribution >= 4 is 5.91 Å². The van der Waals surface area contributed by atoms with Crippen LogP contribution in [-0.4, -0.2) is 26.6 Å². The van der Waals surface area contributed by atoms with E-state index < -0.39 is 0 Å². The predicted octanol–water partition coefficient (Wildman–Crippen LogP) is 4.42. The van der Waals surface area contributed by atoms with E-state index in [1.807, 2.05) is 11.8 Å². The van der Waals surface area contributed by atoms with Crippen LogP contribution >= 0.6 is 0 Å². The second-order valence-electron chi connectivity index (χ2n) is 8.10. The number of hydrogen-bond donors (Lipinski definition) is 0. The minimum absolute atomic E-state index is 0.178. The van der Waals surface area contributed by atoms with Crippen LogP contribution in [0.15, 0.2) is 24.3 Å². The summed E-state index contributed by atoms with van der Waals surface area (Å²) in [7, 11) is 0. The maximum Gasteiger partial charge on any atom is 0.223 e. The third kappa shape index (κ3) is 4.96. The maximum absolute atomic E-state index is 13.1. The molecular formula is C22H30FN3O. The zero-order valence-corrected chi connectivity index (χ0v) is 16.8. The number of carbonyl (C=O) groups excluding carboxylic acids is 1. The summed E-state index contributed by atoms with van der Waals surface area (Å²) in [5.41, 5.74) is 4.37. The summed E-state index contributed by atoms with van der Waals surface area (Å²) >= 11 is 0. The van der Waals surface area contributed by atoms with Gasteiger partial charge in [0.2, 0.25) is 5.91 Å². The molecule has 3 rings (SSSR count). The van der Waals surface area contributed by atoms with Crippen LogP contribution in [0.2, 0.25) is 0 Å². The van der Waals surface area contributed by atoms with Crippen molar-refractivity contribution in [1.82, 2.24) is 14.7 Å². The number of carbonyl (C=O) groups is 1. The van der Waals surface area contributed by atoms with Gasteiger partial charge in [0.15, 0.2) is 0 Å². The van der Waals surface area contributed by atoms with Gasteiger partial charge in [-0.1, -0.05) is 26.0 Å². The fourth-order valence-electron chi connectivity index (χ4n) is 3.59. The molecule has 1 aromatic carbocycles. The van der Waals surface area contributed by atoms with Gasteiger partial charge in [0, 0.05) is 31.2 Å². The molecule has 0 unspecified atom stereocenters. The molecular weight excluding hydrogens is 341 g/mol. The number of nitrogens with zero attached hydrogens (tertiary/aromatic N) is 3. The standard InChI is InChI=1S/C22H30FN3O/c1-15(2)13-26-17(4)21(16(3)24-26)11-12-22(27)25(20-9-10-20)14-18-5-7-19(23)8-6-18/h5-8,15,20H,9-14H2,1-4H3. The van der Waals surface area contributed by atoms with Crippen molar-refractivity contribution in [3.05, 3.63) is 52.6 Å². The van der Waals surface area contributed by atoms with Crippen molar-refractivity contribution in [2.24, 2.45) is 5.92 Å². The van der Waals surface area contributed by atoms with Crippen molar-refractivity contribution in [3.8, 4) is 0 Å². The summed E-state index contributed by atoms with van der Waals surface area (Å²) in [6.07, 6.45) is 3.35. The molecule has 5 heteroatoms. The molecule has 0 spiro atoms. The van der Waals surface area contributed by atoms with E-state index in [2.05, 4.69) is 30.6 Å². The van der Waals surface area contributed by atoms with Gasteiger partial charge in [-0.3, -0.25) is 9.48 Å². The van der Waals surface area contributed by atoms with Gasteiger partial charge in [0.1, 0.15) is 5.82 Å². The van der Waals surface area contributed by atoms with E-state index in [9.17, 15) is 9.18 Å². The van der Waals surface area contributed by atoms with Crippen molar-refractivity contribution in [3.63, 3.8) is 0 Å². The summed E-state index contributed by atoms with van der Waals surface area (Å²) in [4.78, 5) is 14.9. The van der Waals surface area contributed by atoms with Crippen molar-refractivity contribution in [2.75, 3.05) is 0 Å². The third-order valence-corrected chi connectivity index (χ3v) is 5.23. The fraction of sp³-hybridized carbons (Fsp3) is 0.545. The second-order valence-corrected chi connectivity index (χ2v) is 8.10. The van der Waals surface area contributed by atoms with Gasteiger partial charge in [-0.2, -0.15) is 5.10 Å². The molecule has 0 saturated heterocycles. The van der Waals surface area contributed by atoms with Gasteiger partial charge < -0.3 is 4.90 Å². The SMILES string of the molecule is Cc1nn(CC(C)C)c(C)c1CCC(=O)N(Cc1ccc(F)cc1)C1CC1. The topological polar surface area (TPSA) is 38.1 Å². The highest BCUT2D eigenvalue weighted by atomic mass is 19.1. The Morgan fingerprint density at radius 2 is 1.93 bits per heavy atom. The van der Waals surface area contributed by atoms with Crippen LogP contribution < -0.4 is 0 Å². The minimum Gasteiger partial charge on any atom is -0.335 e. The largest absolute Gasteiger partial charge is 0.335 e. The first-order valence-corrected chi connectivity index (χ1v) is 9.92. The van der Waals surface area contributed by atoms with E-state index in [0.717, 1.165) is 37.1 Å². The molecule has 0 aliphatic heterocycles. The van der Waals surface area contributed by atoms with E-state index in [-0.39, 0.29) is 11.7 Å². The molecule has 27 heavy (non-hydrogen) atoms. The van der Waals surface area contributed by atoms with Gasteiger partial charge in [0.25, 0.3) is 0 Å².